The zero-order valence-corrected chi connectivity index (χ0v) is 21.8. The van der Waals surface area contributed by atoms with Crippen molar-refractivity contribution in [2.75, 3.05) is 6.61 Å². The number of nitrogens with zero attached hydrogens (tertiary/aromatic N) is 1. The number of hydrogen-bond donors (Lipinski definition) is 1. The van der Waals surface area contributed by atoms with Gasteiger partial charge in [0, 0.05) is 32.6 Å². The van der Waals surface area contributed by atoms with Gasteiger partial charge in [0.05, 0.1) is 12.2 Å². The van der Waals surface area contributed by atoms with Crippen LogP contribution in [0.4, 0.5) is 4.39 Å². The van der Waals surface area contributed by atoms with E-state index in [0.29, 0.717) is 29.2 Å². The van der Waals surface area contributed by atoms with E-state index in [9.17, 15) is 9.90 Å². The lowest BCUT2D eigenvalue weighted by atomic mass is 9.84. The summed E-state index contributed by atoms with van der Waals surface area (Å²) < 4.78 is 27.3. The van der Waals surface area contributed by atoms with Gasteiger partial charge in [0.2, 0.25) is 0 Å². The van der Waals surface area contributed by atoms with E-state index >= 15 is 4.39 Å². The van der Waals surface area contributed by atoms with Crippen LogP contribution in [0.25, 0.3) is 21.3 Å². The lowest BCUT2D eigenvalue weighted by Gasteiger charge is -2.29. The number of aliphatic carboxylic acids is 1. The van der Waals surface area contributed by atoms with Gasteiger partial charge in [-0.2, -0.15) is 0 Å². The number of hydrogen-bond acceptors (Lipinski definition) is 5. The van der Waals surface area contributed by atoms with Crippen LogP contribution >= 0.6 is 11.3 Å². The summed E-state index contributed by atoms with van der Waals surface area (Å²) in [4.78, 5) is 19.7. The molecule has 7 heteroatoms. The minimum atomic E-state index is -1.23. The van der Waals surface area contributed by atoms with Crippen LogP contribution in [0, 0.1) is 19.7 Å². The van der Waals surface area contributed by atoms with Gasteiger partial charge in [-0.15, -0.1) is 11.3 Å². The molecule has 1 N–H and O–H groups in total. The molecule has 0 spiro atoms. The molecule has 1 unspecified atom stereocenters. The van der Waals surface area contributed by atoms with Crippen molar-refractivity contribution in [1.29, 1.82) is 0 Å². The van der Waals surface area contributed by atoms with Crippen molar-refractivity contribution < 1.29 is 23.8 Å². The fourth-order valence-electron chi connectivity index (χ4n) is 5.52. The van der Waals surface area contributed by atoms with Gasteiger partial charge in [0.15, 0.2) is 17.7 Å². The van der Waals surface area contributed by atoms with E-state index in [0.717, 1.165) is 65.4 Å². The molecule has 0 radical (unpaired) electrons. The highest BCUT2D eigenvalue weighted by Crippen LogP contribution is 2.48. The predicted molar refractivity (Wildman–Crippen MR) is 136 cm³/mol. The summed E-state index contributed by atoms with van der Waals surface area (Å²) in [6.45, 7) is 9.87. The average Bonchev–Trinajstić information content (AvgIpc) is 3.16. The summed E-state index contributed by atoms with van der Waals surface area (Å²) in [5, 5.41) is 11.3. The van der Waals surface area contributed by atoms with E-state index in [-0.39, 0.29) is 0 Å². The Hall–Kier alpha value is -2.51. The zero-order chi connectivity index (χ0) is 25.1. The number of aromatic nitrogens is 1. The van der Waals surface area contributed by atoms with Gasteiger partial charge in [-0.25, -0.2) is 14.2 Å². The molecular formula is C28H32FNO4S. The smallest absolute Gasteiger partial charge is 0.337 e. The number of carboxylic acids is 1. The topological polar surface area (TPSA) is 68.7 Å². The summed E-state index contributed by atoms with van der Waals surface area (Å²) in [6.07, 6.45) is 4.46. The number of pyridine rings is 1. The third-order valence-electron chi connectivity index (χ3n) is 6.99. The molecule has 1 atom stereocenters. The molecule has 2 aromatic heterocycles. The summed E-state index contributed by atoms with van der Waals surface area (Å²) >= 11 is 1.69. The number of ether oxygens (including phenoxy) is 2. The van der Waals surface area contributed by atoms with E-state index in [4.69, 9.17) is 14.5 Å². The second-order valence-corrected chi connectivity index (χ2v) is 11.7. The number of rotatable bonds is 4. The molecule has 1 aromatic carbocycles. The first-order valence-corrected chi connectivity index (χ1v) is 13.2. The maximum atomic E-state index is 15.4. The molecule has 2 aliphatic rings. The van der Waals surface area contributed by atoms with Crippen LogP contribution in [0.2, 0.25) is 0 Å². The summed E-state index contributed by atoms with van der Waals surface area (Å²) in [6, 6.07) is 1.53. The SMILES string of the molecule is Cc1nc2sc3c(c2c(-c2cc(F)c4c(c2C)CCCO4)c1C(OC(C)(C)C)C(=O)O)CCCC3. The van der Waals surface area contributed by atoms with Crippen molar-refractivity contribution in [3.8, 4) is 16.9 Å². The number of thiophene rings is 1. The monoisotopic (exact) mass is 497 g/mol. The van der Waals surface area contributed by atoms with Crippen LogP contribution in [0.5, 0.6) is 5.75 Å². The average molecular weight is 498 g/mol. The largest absolute Gasteiger partial charge is 0.490 e. The minimum absolute atomic E-state index is 0.328. The molecule has 0 amide bonds. The highest BCUT2D eigenvalue weighted by Gasteiger charge is 2.35. The Morgan fingerprint density at radius 3 is 2.60 bits per heavy atom. The molecule has 3 aromatic rings. The Morgan fingerprint density at radius 2 is 1.89 bits per heavy atom. The summed E-state index contributed by atoms with van der Waals surface area (Å²) in [5.41, 5.74) is 4.94. The van der Waals surface area contributed by atoms with Crippen molar-refractivity contribution in [1.82, 2.24) is 4.98 Å². The normalized spacial score (nSPS) is 16.5. The molecule has 1 aliphatic carbocycles. The van der Waals surface area contributed by atoms with Crippen LogP contribution in [-0.2, 0) is 28.8 Å². The number of aryl methyl sites for hydroxylation is 3. The highest BCUT2D eigenvalue weighted by molar-refractivity contribution is 7.19. The summed E-state index contributed by atoms with van der Waals surface area (Å²) in [5.74, 6) is -1.15. The third-order valence-corrected chi connectivity index (χ3v) is 8.18. The first-order chi connectivity index (χ1) is 16.6. The number of carbonyl (C=O) groups is 1. The number of halogens is 1. The van der Waals surface area contributed by atoms with Crippen LogP contribution < -0.4 is 4.74 Å². The standard InChI is InChI=1S/C28H32FNO4S/c1-14-16-10-8-12-33-24(16)19(29)13-18(14)22-21(25(27(31)32)34-28(3,4)5)15(2)30-26-23(22)17-9-6-7-11-20(17)35-26/h13,25H,6-12H2,1-5H3,(H,31,32). The number of fused-ring (bicyclic) bond motifs is 4. The lowest BCUT2D eigenvalue weighted by Crippen LogP contribution is -2.28. The van der Waals surface area contributed by atoms with Crippen molar-refractivity contribution >= 4 is 27.5 Å². The van der Waals surface area contributed by atoms with Gasteiger partial charge < -0.3 is 14.6 Å². The molecule has 5 rings (SSSR count). The maximum Gasteiger partial charge on any atom is 0.337 e. The van der Waals surface area contributed by atoms with Crippen LogP contribution in [0.15, 0.2) is 6.07 Å². The first-order valence-electron chi connectivity index (χ1n) is 12.4. The molecule has 3 heterocycles. The van der Waals surface area contributed by atoms with Gasteiger partial charge in [-0.3, -0.25) is 0 Å². The molecule has 186 valence electrons. The van der Waals surface area contributed by atoms with Gasteiger partial charge >= 0.3 is 5.97 Å². The molecule has 5 nitrogen and oxygen atoms in total. The van der Waals surface area contributed by atoms with Crippen molar-refractivity contribution in [3.63, 3.8) is 0 Å². The van der Waals surface area contributed by atoms with E-state index in [1.165, 1.54) is 16.5 Å². The van der Waals surface area contributed by atoms with Crippen molar-refractivity contribution in [2.45, 2.75) is 84.8 Å². The van der Waals surface area contributed by atoms with Crippen LogP contribution in [-0.4, -0.2) is 28.3 Å². The zero-order valence-electron chi connectivity index (χ0n) is 21.0. The first kappa shape index (κ1) is 24.2. The Morgan fingerprint density at radius 1 is 1.17 bits per heavy atom. The second-order valence-electron chi connectivity index (χ2n) is 10.6. The number of carboxylic acid groups (broad SMARTS) is 1. The highest BCUT2D eigenvalue weighted by atomic mass is 32.1. The van der Waals surface area contributed by atoms with Crippen molar-refractivity contribution in [3.05, 3.63) is 44.7 Å². The van der Waals surface area contributed by atoms with E-state index in [2.05, 4.69) is 0 Å². The molecule has 0 saturated carbocycles. The Labute approximate surface area is 209 Å². The Kier molecular flexibility index (Phi) is 6.12. The number of benzene rings is 1. The fraction of sp³-hybridized carbons (Fsp3) is 0.500. The van der Waals surface area contributed by atoms with Gasteiger partial charge in [0.1, 0.15) is 4.83 Å². The Balaban J connectivity index is 1.90. The molecule has 0 bridgehead atoms. The molecule has 35 heavy (non-hydrogen) atoms. The van der Waals surface area contributed by atoms with E-state index in [1.54, 1.807) is 11.3 Å². The molecule has 0 saturated heterocycles. The minimum Gasteiger partial charge on any atom is -0.490 e. The van der Waals surface area contributed by atoms with Crippen LogP contribution in [0.3, 0.4) is 0 Å². The van der Waals surface area contributed by atoms with Gasteiger partial charge in [-0.1, -0.05) is 0 Å². The van der Waals surface area contributed by atoms with Crippen LogP contribution in [0.1, 0.15) is 79.0 Å². The quantitative estimate of drug-likeness (QED) is 0.426. The fourth-order valence-corrected chi connectivity index (χ4v) is 6.84. The van der Waals surface area contributed by atoms with E-state index < -0.39 is 23.5 Å². The third kappa shape index (κ3) is 4.23. The van der Waals surface area contributed by atoms with Crippen molar-refractivity contribution in [2.24, 2.45) is 0 Å². The van der Waals surface area contributed by atoms with Gasteiger partial charge in [0.25, 0.3) is 0 Å². The molecule has 1 aliphatic heterocycles. The predicted octanol–water partition coefficient (Wildman–Crippen LogP) is 6.86. The Bertz CT molecular complexity index is 1340. The lowest BCUT2D eigenvalue weighted by molar-refractivity contribution is -0.160. The maximum absolute atomic E-state index is 15.4. The van der Waals surface area contributed by atoms with E-state index in [1.807, 2.05) is 34.6 Å². The second kappa shape index (κ2) is 8.86. The van der Waals surface area contributed by atoms with Gasteiger partial charge in [-0.05, 0) is 95.9 Å². The summed E-state index contributed by atoms with van der Waals surface area (Å²) in [7, 11) is 0. The molecular weight excluding hydrogens is 465 g/mol. The molecule has 0 fully saturated rings.